The largest absolute Gasteiger partial charge is 0.313 e. The van der Waals surface area contributed by atoms with Crippen molar-refractivity contribution in [2.45, 2.75) is 45.6 Å². The quantitative estimate of drug-likeness (QED) is 0.841. The summed E-state index contributed by atoms with van der Waals surface area (Å²) >= 11 is 0. The van der Waals surface area contributed by atoms with E-state index in [4.69, 9.17) is 0 Å². The number of aryl methyl sites for hydroxylation is 2. The van der Waals surface area contributed by atoms with Crippen LogP contribution in [0.1, 0.15) is 37.0 Å². The summed E-state index contributed by atoms with van der Waals surface area (Å²) in [6.07, 6.45) is 0.810. The first-order valence-corrected chi connectivity index (χ1v) is 8.55. The van der Waals surface area contributed by atoms with E-state index in [0.29, 0.717) is 18.0 Å². The number of benzene rings is 1. The van der Waals surface area contributed by atoms with Gasteiger partial charge in [0.05, 0.1) is 4.90 Å². The second-order valence-electron chi connectivity index (χ2n) is 5.15. The van der Waals surface area contributed by atoms with E-state index in [1.54, 1.807) is 7.05 Å². The number of sulfonamides is 1. The van der Waals surface area contributed by atoms with E-state index in [2.05, 4.69) is 5.32 Å². The van der Waals surface area contributed by atoms with Crippen LogP contribution in [0, 0.1) is 13.8 Å². The highest BCUT2D eigenvalue weighted by Crippen LogP contribution is 2.23. The molecule has 1 aromatic rings. The summed E-state index contributed by atoms with van der Waals surface area (Å²) in [4.78, 5) is 0.423. The standard InChI is InChI=1S/C15H26N2O2S/c1-6-8-17(5)20(18,19)15-10-14(11-16-7-2)12(3)9-13(15)4/h9-10,16H,6-8,11H2,1-5H3. The third-order valence-electron chi connectivity index (χ3n) is 3.43. The molecular weight excluding hydrogens is 272 g/mol. The van der Waals surface area contributed by atoms with E-state index >= 15 is 0 Å². The Morgan fingerprint density at radius 2 is 1.80 bits per heavy atom. The highest BCUT2D eigenvalue weighted by Gasteiger charge is 2.23. The summed E-state index contributed by atoms with van der Waals surface area (Å²) in [7, 11) is -1.75. The molecule has 1 N–H and O–H groups in total. The Kier molecular flexibility index (Phi) is 6.17. The van der Waals surface area contributed by atoms with Crippen molar-refractivity contribution in [2.24, 2.45) is 0 Å². The van der Waals surface area contributed by atoms with Crippen LogP contribution >= 0.6 is 0 Å². The Hall–Kier alpha value is -0.910. The first-order chi connectivity index (χ1) is 9.34. The van der Waals surface area contributed by atoms with Gasteiger partial charge in [0.15, 0.2) is 0 Å². The Bertz CT molecular complexity index is 553. The first kappa shape index (κ1) is 17.1. The summed E-state index contributed by atoms with van der Waals surface area (Å²) in [5.41, 5.74) is 2.98. The van der Waals surface area contributed by atoms with Gasteiger partial charge in [0.25, 0.3) is 0 Å². The van der Waals surface area contributed by atoms with Crippen LogP contribution in [-0.2, 0) is 16.6 Å². The van der Waals surface area contributed by atoms with Gasteiger partial charge in [-0.3, -0.25) is 0 Å². The third kappa shape index (κ3) is 3.81. The summed E-state index contributed by atoms with van der Waals surface area (Å²) in [5.74, 6) is 0. The van der Waals surface area contributed by atoms with Gasteiger partial charge in [-0.15, -0.1) is 0 Å². The summed E-state index contributed by atoms with van der Waals surface area (Å²) in [6.45, 7) is 10.00. The lowest BCUT2D eigenvalue weighted by Crippen LogP contribution is -2.28. The minimum absolute atomic E-state index is 0.423. The van der Waals surface area contributed by atoms with Crippen molar-refractivity contribution in [3.05, 3.63) is 28.8 Å². The lowest BCUT2D eigenvalue weighted by Gasteiger charge is -2.19. The van der Waals surface area contributed by atoms with Crippen LogP contribution in [0.2, 0.25) is 0 Å². The molecule has 0 radical (unpaired) electrons. The van der Waals surface area contributed by atoms with Gasteiger partial charge in [-0.25, -0.2) is 12.7 Å². The number of hydrogen-bond donors (Lipinski definition) is 1. The Labute approximate surface area is 123 Å². The zero-order valence-corrected chi connectivity index (χ0v) is 14.0. The normalized spacial score (nSPS) is 12.1. The molecule has 0 fully saturated rings. The van der Waals surface area contributed by atoms with Gasteiger partial charge in [0.2, 0.25) is 10.0 Å². The van der Waals surface area contributed by atoms with Gasteiger partial charge in [-0.05, 0) is 49.6 Å². The molecule has 0 saturated carbocycles. The molecule has 0 aliphatic rings. The van der Waals surface area contributed by atoms with E-state index in [1.807, 2.05) is 39.8 Å². The van der Waals surface area contributed by atoms with Gasteiger partial charge < -0.3 is 5.32 Å². The Morgan fingerprint density at radius 1 is 1.15 bits per heavy atom. The molecule has 0 aliphatic heterocycles. The average molecular weight is 298 g/mol. The van der Waals surface area contributed by atoms with Crippen LogP contribution < -0.4 is 5.32 Å². The number of rotatable bonds is 7. The Morgan fingerprint density at radius 3 is 2.35 bits per heavy atom. The number of nitrogens with one attached hydrogen (secondary N) is 1. The molecule has 1 rings (SSSR count). The molecule has 4 nitrogen and oxygen atoms in total. The molecule has 20 heavy (non-hydrogen) atoms. The van der Waals surface area contributed by atoms with Crippen LogP contribution in [-0.4, -0.2) is 32.9 Å². The fraction of sp³-hybridized carbons (Fsp3) is 0.600. The van der Waals surface area contributed by atoms with Crippen LogP contribution in [0.5, 0.6) is 0 Å². The van der Waals surface area contributed by atoms with Gasteiger partial charge in [0.1, 0.15) is 0 Å². The smallest absolute Gasteiger partial charge is 0.243 e. The maximum absolute atomic E-state index is 12.6. The van der Waals surface area contributed by atoms with Crippen LogP contribution in [0.4, 0.5) is 0 Å². The van der Waals surface area contributed by atoms with Crippen molar-refractivity contribution in [1.82, 2.24) is 9.62 Å². The molecule has 0 heterocycles. The molecule has 0 bridgehead atoms. The van der Waals surface area contributed by atoms with E-state index in [9.17, 15) is 8.42 Å². The van der Waals surface area contributed by atoms with E-state index in [1.165, 1.54) is 4.31 Å². The average Bonchev–Trinajstić information content (AvgIpc) is 2.37. The zero-order valence-electron chi connectivity index (χ0n) is 13.2. The molecule has 0 amide bonds. The van der Waals surface area contributed by atoms with Gasteiger partial charge >= 0.3 is 0 Å². The minimum Gasteiger partial charge on any atom is -0.313 e. The van der Waals surface area contributed by atoms with Gasteiger partial charge in [0, 0.05) is 20.1 Å². The highest BCUT2D eigenvalue weighted by atomic mass is 32.2. The second-order valence-corrected chi connectivity index (χ2v) is 7.16. The van der Waals surface area contributed by atoms with Crippen molar-refractivity contribution >= 4 is 10.0 Å². The maximum atomic E-state index is 12.6. The zero-order chi connectivity index (χ0) is 15.3. The van der Waals surface area contributed by atoms with Crippen molar-refractivity contribution in [1.29, 1.82) is 0 Å². The van der Waals surface area contributed by atoms with E-state index in [0.717, 1.165) is 29.7 Å². The molecule has 0 aromatic heterocycles. The minimum atomic E-state index is -3.39. The molecule has 0 atom stereocenters. The monoisotopic (exact) mass is 298 g/mol. The van der Waals surface area contributed by atoms with Gasteiger partial charge in [-0.2, -0.15) is 0 Å². The molecule has 0 aliphatic carbocycles. The molecule has 1 aromatic carbocycles. The predicted octanol–water partition coefficient (Wildman–Crippen LogP) is 2.44. The van der Waals surface area contributed by atoms with Crippen molar-refractivity contribution in [2.75, 3.05) is 20.1 Å². The third-order valence-corrected chi connectivity index (χ3v) is 5.42. The number of hydrogen-bond acceptors (Lipinski definition) is 3. The number of nitrogens with zero attached hydrogens (tertiary/aromatic N) is 1. The SMILES string of the molecule is CCCN(C)S(=O)(=O)c1cc(CNCC)c(C)cc1C. The second kappa shape index (κ2) is 7.20. The van der Waals surface area contributed by atoms with Crippen LogP contribution in [0.25, 0.3) is 0 Å². The van der Waals surface area contributed by atoms with E-state index < -0.39 is 10.0 Å². The maximum Gasteiger partial charge on any atom is 0.243 e. The van der Waals surface area contributed by atoms with E-state index in [-0.39, 0.29) is 0 Å². The van der Waals surface area contributed by atoms with Crippen LogP contribution in [0.3, 0.4) is 0 Å². The fourth-order valence-electron chi connectivity index (χ4n) is 2.21. The fourth-order valence-corrected chi connectivity index (χ4v) is 3.72. The molecule has 0 spiro atoms. The van der Waals surface area contributed by atoms with Crippen molar-refractivity contribution in [3.8, 4) is 0 Å². The molecule has 114 valence electrons. The summed E-state index contributed by atoms with van der Waals surface area (Å²) in [5, 5.41) is 3.25. The Balaban J connectivity index is 3.23. The topological polar surface area (TPSA) is 49.4 Å². The molecule has 0 saturated heterocycles. The van der Waals surface area contributed by atoms with Crippen molar-refractivity contribution < 1.29 is 8.42 Å². The highest BCUT2D eigenvalue weighted by molar-refractivity contribution is 7.89. The first-order valence-electron chi connectivity index (χ1n) is 7.11. The van der Waals surface area contributed by atoms with Crippen LogP contribution in [0.15, 0.2) is 17.0 Å². The lowest BCUT2D eigenvalue weighted by molar-refractivity contribution is 0.468. The molecule has 0 unspecified atom stereocenters. The summed E-state index contributed by atoms with van der Waals surface area (Å²) < 4.78 is 26.6. The van der Waals surface area contributed by atoms with Crippen molar-refractivity contribution in [3.63, 3.8) is 0 Å². The molecular formula is C15H26N2O2S. The molecule has 5 heteroatoms. The predicted molar refractivity (Wildman–Crippen MR) is 83.4 cm³/mol. The summed E-state index contributed by atoms with van der Waals surface area (Å²) in [6, 6.07) is 3.77. The van der Waals surface area contributed by atoms with Gasteiger partial charge in [-0.1, -0.05) is 19.9 Å². The lowest BCUT2D eigenvalue weighted by atomic mass is 10.1.